The largest absolute Gasteiger partial charge is 0.446 e. The summed E-state index contributed by atoms with van der Waals surface area (Å²) in [5, 5.41) is 1.15. The number of hydrogen-bond acceptors (Lipinski definition) is 4. The number of nitrogens with two attached hydrogens (primary N) is 1. The summed E-state index contributed by atoms with van der Waals surface area (Å²) < 4.78 is 20.0. The van der Waals surface area contributed by atoms with E-state index in [2.05, 4.69) is 9.80 Å². The number of rotatable bonds is 5. The Kier molecular flexibility index (Phi) is 6.71. The Morgan fingerprint density at radius 2 is 1.89 bits per heavy atom. The zero-order chi connectivity index (χ0) is 19.4. The van der Waals surface area contributed by atoms with Gasteiger partial charge in [-0.3, -0.25) is 4.90 Å². The Labute approximate surface area is 169 Å². The summed E-state index contributed by atoms with van der Waals surface area (Å²) in [4.78, 5) is 15.3. The molecule has 1 saturated carbocycles. The molecule has 150 valence electrons. The number of nitrogens with zero attached hydrogens (tertiary/aromatic N) is 2. The lowest BCUT2D eigenvalue weighted by molar-refractivity contribution is 0.0120. The lowest BCUT2D eigenvalue weighted by atomic mass is 9.82. The topological polar surface area (TPSA) is 58.8 Å². The fourth-order valence-corrected chi connectivity index (χ4v) is 4.36. The molecular formula is C19H26Cl2FN3O2. The van der Waals surface area contributed by atoms with Crippen LogP contribution in [0.25, 0.3) is 0 Å². The van der Waals surface area contributed by atoms with Gasteiger partial charge >= 0.3 is 6.09 Å². The van der Waals surface area contributed by atoms with E-state index in [1.165, 1.54) is 0 Å². The highest BCUT2D eigenvalue weighted by molar-refractivity contribution is 6.43. The number of alkyl halides is 1. The second kappa shape index (κ2) is 8.84. The van der Waals surface area contributed by atoms with Gasteiger partial charge in [0, 0.05) is 32.7 Å². The first-order chi connectivity index (χ1) is 12.9. The zero-order valence-electron chi connectivity index (χ0n) is 15.3. The fourth-order valence-electron chi connectivity index (χ4n) is 3.95. The van der Waals surface area contributed by atoms with Crippen molar-refractivity contribution in [1.82, 2.24) is 4.90 Å². The normalized spacial score (nSPS) is 26.8. The molecular weight excluding hydrogens is 392 g/mol. The van der Waals surface area contributed by atoms with E-state index in [0.717, 1.165) is 38.4 Å². The van der Waals surface area contributed by atoms with Gasteiger partial charge in [-0.15, -0.1) is 0 Å². The van der Waals surface area contributed by atoms with Gasteiger partial charge < -0.3 is 15.4 Å². The molecule has 2 aliphatic rings. The minimum absolute atomic E-state index is 0.239. The Balaban J connectivity index is 1.43. The van der Waals surface area contributed by atoms with Crippen molar-refractivity contribution < 1.29 is 13.9 Å². The van der Waals surface area contributed by atoms with Gasteiger partial charge in [0.2, 0.25) is 0 Å². The summed E-state index contributed by atoms with van der Waals surface area (Å²) in [6.07, 6.45) is 1.42. The number of amides is 1. The van der Waals surface area contributed by atoms with Gasteiger partial charge in [-0.25, -0.2) is 9.18 Å². The first-order valence-electron chi connectivity index (χ1n) is 9.43. The average Bonchev–Trinajstić information content (AvgIpc) is 2.65. The molecule has 0 atom stereocenters. The summed E-state index contributed by atoms with van der Waals surface area (Å²) >= 11 is 12.4. The van der Waals surface area contributed by atoms with E-state index >= 15 is 4.39 Å². The lowest BCUT2D eigenvalue weighted by Gasteiger charge is -2.39. The van der Waals surface area contributed by atoms with Crippen LogP contribution in [0.5, 0.6) is 0 Å². The van der Waals surface area contributed by atoms with Crippen molar-refractivity contribution in [3.8, 4) is 0 Å². The lowest BCUT2D eigenvalue weighted by Crippen LogP contribution is -2.48. The molecule has 0 aromatic heterocycles. The number of hydrogen-bond donors (Lipinski definition) is 1. The third-order valence-electron chi connectivity index (χ3n) is 5.63. The van der Waals surface area contributed by atoms with E-state index in [1.54, 1.807) is 6.07 Å². The number of benzene rings is 1. The second-order valence-corrected chi connectivity index (χ2v) is 8.22. The standard InChI is InChI=1S/C19H26Cl2FN3O2/c20-15-2-1-3-16(17(15)21)25-12-10-24(11-13-25)9-8-19(22)6-4-14(5-7-19)27-18(23)26/h1-3,14H,4-13H2,(H2,23,26). The number of ether oxygens (including phenoxy) is 1. The van der Waals surface area contributed by atoms with E-state index in [1.807, 2.05) is 12.1 Å². The molecule has 2 fully saturated rings. The van der Waals surface area contributed by atoms with Crippen LogP contribution in [0.3, 0.4) is 0 Å². The van der Waals surface area contributed by atoms with Gasteiger partial charge in [0.15, 0.2) is 0 Å². The number of piperazine rings is 1. The maximum atomic E-state index is 15.0. The van der Waals surface area contributed by atoms with Crippen LogP contribution < -0.4 is 10.6 Å². The highest BCUT2D eigenvalue weighted by Crippen LogP contribution is 2.36. The number of anilines is 1. The van der Waals surface area contributed by atoms with Crippen molar-refractivity contribution in [2.45, 2.75) is 43.9 Å². The van der Waals surface area contributed by atoms with Gasteiger partial charge in [-0.1, -0.05) is 29.3 Å². The van der Waals surface area contributed by atoms with Crippen LogP contribution in [0.15, 0.2) is 18.2 Å². The molecule has 1 heterocycles. The highest BCUT2D eigenvalue weighted by Gasteiger charge is 2.36. The van der Waals surface area contributed by atoms with E-state index in [9.17, 15) is 4.79 Å². The third-order valence-corrected chi connectivity index (χ3v) is 6.44. The molecule has 27 heavy (non-hydrogen) atoms. The molecule has 2 N–H and O–H groups in total. The zero-order valence-corrected chi connectivity index (χ0v) is 16.8. The Morgan fingerprint density at radius 3 is 2.52 bits per heavy atom. The minimum atomic E-state index is -1.18. The molecule has 0 unspecified atom stereocenters. The van der Waals surface area contributed by atoms with Crippen LogP contribution in [0, 0.1) is 0 Å². The molecule has 1 amide bonds. The number of carbonyl (C=O) groups excluding carboxylic acids is 1. The van der Waals surface area contributed by atoms with Gasteiger partial charge in [-0.2, -0.15) is 0 Å². The van der Waals surface area contributed by atoms with Crippen LogP contribution in [-0.4, -0.2) is 55.5 Å². The van der Waals surface area contributed by atoms with Crippen molar-refractivity contribution in [2.24, 2.45) is 5.73 Å². The summed E-state index contributed by atoms with van der Waals surface area (Å²) in [5.74, 6) is 0. The van der Waals surface area contributed by atoms with E-state index in [-0.39, 0.29) is 6.10 Å². The molecule has 0 radical (unpaired) electrons. The van der Waals surface area contributed by atoms with Crippen LogP contribution in [0.2, 0.25) is 10.0 Å². The van der Waals surface area contributed by atoms with Crippen LogP contribution >= 0.6 is 23.2 Å². The van der Waals surface area contributed by atoms with Crippen LogP contribution in [-0.2, 0) is 4.74 Å². The summed E-state index contributed by atoms with van der Waals surface area (Å²) in [5.41, 5.74) is 4.82. The highest BCUT2D eigenvalue weighted by atomic mass is 35.5. The molecule has 5 nitrogen and oxygen atoms in total. The van der Waals surface area contributed by atoms with Crippen molar-refractivity contribution in [3.63, 3.8) is 0 Å². The van der Waals surface area contributed by atoms with Crippen molar-refractivity contribution in [3.05, 3.63) is 28.2 Å². The molecule has 1 aromatic carbocycles. The first-order valence-corrected chi connectivity index (χ1v) is 10.2. The maximum absolute atomic E-state index is 15.0. The second-order valence-electron chi connectivity index (χ2n) is 7.44. The summed E-state index contributed by atoms with van der Waals surface area (Å²) in [7, 11) is 0. The molecule has 1 aliphatic carbocycles. The number of carbonyl (C=O) groups is 1. The Morgan fingerprint density at radius 1 is 1.22 bits per heavy atom. The molecule has 8 heteroatoms. The molecule has 1 saturated heterocycles. The predicted octanol–water partition coefficient (Wildman–Crippen LogP) is 4.25. The predicted molar refractivity (Wildman–Crippen MR) is 106 cm³/mol. The maximum Gasteiger partial charge on any atom is 0.404 e. The van der Waals surface area contributed by atoms with Gasteiger partial charge in [0.05, 0.1) is 15.7 Å². The molecule has 0 bridgehead atoms. The van der Waals surface area contributed by atoms with Crippen molar-refractivity contribution >= 4 is 35.0 Å². The average molecular weight is 418 g/mol. The minimum Gasteiger partial charge on any atom is -0.446 e. The Hall–Kier alpha value is -1.24. The van der Waals surface area contributed by atoms with Crippen LogP contribution in [0.1, 0.15) is 32.1 Å². The van der Waals surface area contributed by atoms with Crippen molar-refractivity contribution in [2.75, 3.05) is 37.6 Å². The molecule has 1 aromatic rings. The Bertz CT molecular complexity index is 660. The van der Waals surface area contributed by atoms with Crippen molar-refractivity contribution in [1.29, 1.82) is 0 Å². The fraction of sp³-hybridized carbons (Fsp3) is 0.632. The smallest absolute Gasteiger partial charge is 0.404 e. The molecule has 3 rings (SSSR count). The van der Waals surface area contributed by atoms with E-state index < -0.39 is 11.8 Å². The number of primary amides is 1. The van der Waals surface area contributed by atoms with Gasteiger partial charge in [-0.05, 0) is 44.2 Å². The molecule has 0 spiro atoms. The first kappa shape index (κ1) is 20.5. The summed E-state index contributed by atoms with van der Waals surface area (Å²) in [6, 6.07) is 5.67. The van der Waals surface area contributed by atoms with Gasteiger partial charge in [0.25, 0.3) is 0 Å². The van der Waals surface area contributed by atoms with E-state index in [4.69, 9.17) is 33.7 Å². The SMILES string of the molecule is NC(=O)OC1CCC(F)(CCN2CCN(c3cccc(Cl)c3Cl)CC2)CC1. The van der Waals surface area contributed by atoms with Gasteiger partial charge in [0.1, 0.15) is 11.8 Å². The molecule has 1 aliphatic heterocycles. The quantitative estimate of drug-likeness (QED) is 0.777. The number of halogens is 3. The summed E-state index contributed by atoms with van der Waals surface area (Å²) in [6.45, 7) is 4.15. The van der Waals surface area contributed by atoms with E-state index in [0.29, 0.717) is 42.1 Å². The van der Waals surface area contributed by atoms with Crippen LogP contribution in [0.4, 0.5) is 14.9 Å². The monoisotopic (exact) mass is 417 g/mol. The third kappa shape index (κ3) is 5.39.